The second-order valence-corrected chi connectivity index (χ2v) is 5.97. The minimum atomic E-state index is 0.111. The van der Waals surface area contributed by atoms with Gasteiger partial charge in [-0.25, -0.2) is 0 Å². The first-order chi connectivity index (χ1) is 9.02. The predicted octanol–water partition coefficient (Wildman–Crippen LogP) is 2.81. The molecule has 2 rings (SSSR count). The van der Waals surface area contributed by atoms with Crippen molar-refractivity contribution in [2.75, 3.05) is 13.7 Å². The van der Waals surface area contributed by atoms with E-state index in [9.17, 15) is 0 Å². The van der Waals surface area contributed by atoms with Gasteiger partial charge in [-0.1, -0.05) is 19.1 Å². The number of methoxy groups -OCH3 is 1. The summed E-state index contributed by atoms with van der Waals surface area (Å²) in [4.78, 5) is 2.55. The van der Waals surface area contributed by atoms with Crippen LogP contribution in [0.3, 0.4) is 0 Å². The summed E-state index contributed by atoms with van der Waals surface area (Å²) in [6.07, 6.45) is 1.26. The van der Waals surface area contributed by atoms with Gasteiger partial charge in [0.05, 0.1) is 13.2 Å². The Morgan fingerprint density at radius 2 is 2.11 bits per heavy atom. The molecule has 0 aliphatic carbocycles. The molecule has 2 N–H and O–H groups in total. The summed E-state index contributed by atoms with van der Waals surface area (Å²) in [6, 6.07) is 9.29. The molecule has 3 heteroatoms. The van der Waals surface area contributed by atoms with Crippen molar-refractivity contribution < 1.29 is 4.74 Å². The van der Waals surface area contributed by atoms with Crippen molar-refractivity contribution in [2.24, 2.45) is 11.7 Å². The number of nitrogens with zero attached hydrogens (tertiary/aromatic N) is 1. The van der Waals surface area contributed by atoms with Gasteiger partial charge in [0, 0.05) is 18.6 Å². The second-order valence-electron chi connectivity index (χ2n) is 5.97. The average molecular weight is 262 g/mol. The van der Waals surface area contributed by atoms with E-state index in [1.165, 1.54) is 12.0 Å². The standard InChI is InChI=1S/C16H26N2O/c1-11-8-12(2)18(10-11)16(13(3)17)14-6-5-7-15(9-14)19-4/h5-7,9,11-13,16H,8,10,17H2,1-4H3. The molecule has 1 aliphatic heterocycles. The summed E-state index contributed by atoms with van der Waals surface area (Å²) >= 11 is 0. The van der Waals surface area contributed by atoms with Gasteiger partial charge in [0.1, 0.15) is 5.75 Å². The Morgan fingerprint density at radius 1 is 1.37 bits per heavy atom. The Morgan fingerprint density at radius 3 is 2.63 bits per heavy atom. The summed E-state index contributed by atoms with van der Waals surface area (Å²) < 4.78 is 5.34. The van der Waals surface area contributed by atoms with Crippen LogP contribution in [0.15, 0.2) is 24.3 Å². The lowest BCUT2D eigenvalue weighted by atomic mass is 9.98. The highest BCUT2D eigenvalue weighted by molar-refractivity contribution is 5.31. The second kappa shape index (κ2) is 5.93. The van der Waals surface area contributed by atoms with Crippen LogP contribution in [0.2, 0.25) is 0 Å². The zero-order valence-electron chi connectivity index (χ0n) is 12.5. The molecule has 0 radical (unpaired) electrons. The molecule has 0 saturated carbocycles. The maximum atomic E-state index is 6.27. The molecule has 3 nitrogen and oxygen atoms in total. The van der Waals surface area contributed by atoms with E-state index in [1.807, 2.05) is 12.1 Å². The van der Waals surface area contributed by atoms with E-state index in [-0.39, 0.29) is 12.1 Å². The van der Waals surface area contributed by atoms with Crippen LogP contribution in [0.4, 0.5) is 0 Å². The normalized spacial score (nSPS) is 27.2. The van der Waals surface area contributed by atoms with Crippen molar-refractivity contribution in [3.05, 3.63) is 29.8 Å². The fourth-order valence-electron chi connectivity index (χ4n) is 3.34. The van der Waals surface area contributed by atoms with Gasteiger partial charge in [0.25, 0.3) is 0 Å². The Hall–Kier alpha value is -1.06. The van der Waals surface area contributed by atoms with Crippen LogP contribution in [0.5, 0.6) is 5.75 Å². The van der Waals surface area contributed by atoms with E-state index in [1.54, 1.807) is 7.11 Å². The number of nitrogens with two attached hydrogens (primary N) is 1. The first-order valence-corrected chi connectivity index (χ1v) is 7.18. The number of rotatable bonds is 4. The molecule has 1 aromatic rings. The zero-order chi connectivity index (χ0) is 14.0. The van der Waals surface area contributed by atoms with Gasteiger partial charge < -0.3 is 10.5 Å². The van der Waals surface area contributed by atoms with Crippen molar-refractivity contribution in [3.63, 3.8) is 0 Å². The largest absolute Gasteiger partial charge is 0.497 e. The lowest BCUT2D eigenvalue weighted by molar-refractivity contribution is 0.167. The Bertz CT molecular complexity index is 419. The van der Waals surface area contributed by atoms with E-state index in [4.69, 9.17) is 10.5 Å². The fourth-order valence-corrected chi connectivity index (χ4v) is 3.34. The molecule has 0 spiro atoms. The Labute approximate surface area is 116 Å². The minimum absolute atomic E-state index is 0.111. The molecule has 0 aromatic heterocycles. The van der Waals surface area contributed by atoms with Crippen LogP contribution < -0.4 is 10.5 Å². The van der Waals surface area contributed by atoms with E-state index >= 15 is 0 Å². The highest BCUT2D eigenvalue weighted by Crippen LogP contribution is 2.34. The molecule has 4 atom stereocenters. The lowest BCUT2D eigenvalue weighted by Crippen LogP contribution is -2.41. The maximum Gasteiger partial charge on any atom is 0.119 e. The van der Waals surface area contributed by atoms with Crippen LogP contribution in [-0.4, -0.2) is 30.6 Å². The van der Waals surface area contributed by atoms with Crippen LogP contribution in [-0.2, 0) is 0 Å². The van der Waals surface area contributed by atoms with Gasteiger partial charge in [0.2, 0.25) is 0 Å². The zero-order valence-corrected chi connectivity index (χ0v) is 12.5. The maximum absolute atomic E-state index is 6.27. The molecule has 1 aromatic carbocycles. The fraction of sp³-hybridized carbons (Fsp3) is 0.625. The van der Waals surface area contributed by atoms with E-state index < -0.39 is 0 Å². The number of hydrogen-bond acceptors (Lipinski definition) is 3. The third-order valence-corrected chi connectivity index (χ3v) is 4.12. The molecule has 1 heterocycles. The molecular weight excluding hydrogens is 236 g/mol. The van der Waals surface area contributed by atoms with Gasteiger partial charge in [-0.15, -0.1) is 0 Å². The molecule has 1 aliphatic rings. The van der Waals surface area contributed by atoms with Crippen molar-refractivity contribution in [2.45, 2.75) is 45.3 Å². The SMILES string of the molecule is COc1cccc(C(C(C)N)N2CC(C)CC2C)c1. The molecule has 0 amide bonds. The van der Waals surface area contributed by atoms with Gasteiger partial charge in [-0.2, -0.15) is 0 Å². The quantitative estimate of drug-likeness (QED) is 0.907. The summed E-state index contributed by atoms with van der Waals surface area (Å²) in [7, 11) is 1.71. The van der Waals surface area contributed by atoms with Gasteiger partial charge in [-0.3, -0.25) is 4.90 Å². The van der Waals surface area contributed by atoms with Crippen LogP contribution in [0, 0.1) is 5.92 Å². The molecule has 0 bridgehead atoms. The van der Waals surface area contributed by atoms with Crippen molar-refractivity contribution in [1.29, 1.82) is 0 Å². The Kier molecular flexibility index (Phi) is 4.48. The number of hydrogen-bond donors (Lipinski definition) is 1. The predicted molar refractivity (Wildman–Crippen MR) is 79.3 cm³/mol. The van der Waals surface area contributed by atoms with Crippen LogP contribution in [0.1, 0.15) is 38.8 Å². The van der Waals surface area contributed by atoms with Gasteiger partial charge in [-0.05, 0) is 43.9 Å². The third kappa shape index (κ3) is 3.10. The summed E-state index contributed by atoms with van der Waals surface area (Å²) in [5.41, 5.74) is 7.52. The molecule has 106 valence electrons. The smallest absolute Gasteiger partial charge is 0.119 e. The molecular formula is C16H26N2O. The number of likely N-dealkylation sites (tertiary alicyclic amines) is 1. The van der Waals surface area contributed by atoms with Crippen molar-refractivity contribution in [1.82, 2.24) is 4.90 Å². The topological polar surface area (TPSA) is 38.5 Å². The molecule has 19 heavy (non-hydrogen) atoms. The molecule has 1 saturated heterocycles. The van der Waals surface area contributed by atoms with Gasteiger partial charge in [0.15, 0.2) is 0 Å². The minimum Gasteiger partial charge on any atom is -0.497 e. The first-order valence-electron chi connectivity index (χ1n) is 7.18. The summed E-state index contributed by atoms with van der Waals surface area (Å²) in [5, 5.41) is 0. The highest BCUT2D eigenvalue weighted by Gasteiger charge is 2.34. The summed E-state index contributed by atoms with van der Waals surface area (Å²) in [5.74, 6) is 1.66. The average Bonchev–Trinajstić information content (AvgIpc) is 2.68. The van der Waals surface area contributed by atoms with E-state index in [0.717, 1.165) is 18.2 Å². The van der Waals surface area contributed by atoms with Gasteiger partial charge >= 0.3 is 0 Å². The van der Waals surface area contributed by atoms with Crippen LogP contribution >= 0.6 is 0 Å². The lowest BCUT2D eigenvalue weighted by Gasteiger charge is -2.34. The Balaban J connectivity index is 2.29. The number of ether oxygens (including phenoxy) is 1. The van der Waals surface area contributed by atoms with Crippen LogP contribution in [0.25, 0.3) is 0 Å². The highest BCUT2D eigenvalue weighted by atomic mass is 16.5. The third-order valence-electron chi connectivity index (χ3n) is 4.12. The first kappa shape index (κ1) is 14.4. The molecule has 4 unspecified atom stereocenters. The number of benzene rings is 1. The van der Waals surface area contributed by atoms with Crippen molar-refractivity contribution >= 4 is 0 Å². The molecule has 1 fully saturated rings. The summed E-state index contributed by atoms with van der Waals surface area (Å²) in [6.45, 7) is 7.85. The van der Waals surface area contributed by atoms with E-state index in [2.05, 4.69) is 37.8 Å². The van der Waals surface area contributed by atoms with E-state index in [0.29, 0.717) is 6.04 Å². The van der Waals surface area contributed by atoms with Crippen molar-refractivity contribution in [3.8, 4) is 5.75 Å². The monoisotopic (exact) mass is 262 g/mol.